The van der Waals surface area contributed by atoms with Crippen molar-refractivity contribution in [2.75, 3.05) is 0 Å². The Morgan fingerprint density at radius 3 is 2.58 bits per heavy atom. The molecule has 1 heterocycles. The molecule has 1 saturated heterocycles. The zero-order valence-corrected chi connectivity index (χ0v) is 14.5. The number of carbonyl (C=O) groups excluding carboxylic acids is 1. The molecule has 4 heteroatoms. The third kappa shape index (κ3) is 4.70. The summed E-state index contributed by atoms with van der Waals surface area (Å²) in [6, 6.07) is 0. The van der Waals surface area contributed by atoms with Crippen molar-refractivity contribution < 1.29 is 19.4 Å². The molecule has 1 aliphatic carbocycles. The van der Waals surface area contributed by atoms with E-state index in [1.807, 2.05) is 26.0 Å². The Kier molecular flexibility index (Phi) is 6.18. The normalized spacial score (nSPS) is 33.0. The van der Waals surface area contributed by atoms with E-state index in [-0.39, 0.29) is 18.0 Å². The van der Waals surface area contributed by atoms with Gasteiger partial charge in [-0.15, -0.1) is 0 Å². The average Bonchev–Trinajstić information content (AvgIpc) is 2.77. The Morgan fingerprint density at radius 2 is 1.88 bits per heavy atom. The van der Waals surface area contributed by atoms with Gasteiger partial charge in [0.15, 0.2) is 0 Å². The summed E-state index contributed by atoms with van der Waals surface area (Å²) in [4.78, 5) is 23.2. The summed E-state index contributed by atoms with van der Waals surface area (Å²) in [7, 11) is 0. The van der Waals surface area contributed by atoms with Crippen LogP contribution in [-0.2, 0) is 14.3 Å². The standard InChI is InChI=1S/C20H26O4/c1-13-6-4-8-16(19(21)22)9-5-7-14(2)12-18-17(11-10-13)15(3)20(23)24-18/h6,9,12,17-18H,3-5,7-8,10-11H2,1-2H3,(H,21,22)/b13-6-,14-12-,16-9+/t17-,18-/m0/s1. The van der Waals surface area contributed by atoms with E-state index in [1.165, 1.54) is 5.57 Å². The van der Waals surface area contributed by atoms with E-state index in [1.54, 1.807) is 0 Å². The van der Waals surface area contributed by atoms with E-state index in [0.29, 0.717) is 24.0 Å². The van der Waals surface area contributed by atoms with Crippen molar-refractivity contribution in [1.29, 1.82) is 0 Å². The number of esters is 1. The van der Waals surface area contributed by atoms with Crippen LogP contribution < -0.4 is 0 Å². The van der Waals surface area contributed by atoms with Crippen LogP contribution in [0, 0.1) is 5.92 Å². The molecule has 0 aromatic rings. The highest BCUT2D eigenvalue weighted by Crippen LogP contribution is 2.33. The molecule has 0 aromatic carbocycles. The van der Waals surface area contributed by atoms with Crippen LogP contribution in [0.2, 0.25) is 0 Å². The van der Waals surface area contributed by atoms with E-state index >= 15 is 0 Å². The van der Waals surface area contributed by atoms with E-state index in [9.17, 15) is 14.7 Å². The molecule has 130 valence electrons. The van der Waals surface area contributed by atoms with Crippen molar-refractivity contribution in [3.63, 3.8) is 0 Å². The van der Waals surface area contributed by atoms with E-state index < -0.39 is 5.97 Å². The van der Waals surface area contributed by atoms with Crippen LogP contribution in [0.15, 0.2) is 47.1 Å². The van der Waals surface area contributed by atoms with Gasteiger partial charge < -0.3 is 9.84 Å². The zero-order chi connectivity index (χ0) is 17.7. The number of hydrogen-bond donors (Lipinski definition) is 1. The van der Waals surface area contributed by atoms with Crippen LogP contribution in [0.4, 0.5) is 0 Å². The van der Waals surface area contributed by atoms with Gasteiger partial charge in [-0.2, -0.15) is 0 Å². The molecule has 0 aromatic heterocycles. The molecule has 0 unspecified atom stereocenters. The molecule has 1 aliphatic heterocycles. The number of hydrogen-bond acceptors (Lipinski definition) is 3. The molecule has 2 atom stereocenters. The van der Waals surface area contributed by atoms with Gasteiger partial charge in [0.25, 0.3) is 0 Å². The summed E-state index contributed by atoms with van der Waals surface area (Å²) < 4.78 is 5.46. The van der Waals surface area contributed by atoms with Gasteiger partial charge in [0.05, 0.1) is 0 Å². The predicted octanol–water partition coefficient (Wildman–Crippen LogP) is 4.34. The second-order valence-corrected chi connectivity index (χ2v) is 6.72. The summed E-state index contributed by atoms with van der Waals surface area (Å²) in [5, 5.41) is 9.29. The Hall–Kier alpha value is -2.10. The Balaban J connectivity index is 2.23. The molecule has 4 nitrogen and oxygen atoms in total. The van der Waals surface area contributed by atoms with Gasteiger partial charge in [0.2, 0.25) is 0 Å². The number of carboxylic acids is 1. The Labute approximate surface area is 143 Å². The topological polar surface area (TPSA) is 63.6 Å². The first-order valence-electron chi connectivity index (χ1n) is 8.53. The summed E-state index contributed by atoms with van der Waals surface area (Å²) in [5.74, 6) is -1.10. The highest BCUT2D eigenvalue weighted by Gasteiger charge is 2.36. The monoisotopic (exact) mass is 330 g/mol. The lowest BCUT2D eigenvalue weighted by molar-refractivity contribution is -0.137. The molecule has 1 fully saturated rings. The van der Waals surface area contributed by atoms with Crippen LogP contribution in [0.25, 0.3) is 0 Å². The van der Waals surface area contributed by atoms with Gasteiger partial charge in [-0.05, 0) is 58.4 Å². The third-order valence-electron chi connectivity index (χ3n) is 4.76. The van der Waals surface area contributed by atoms with E-state index in [2.05, 4.69) is 12.7 Å². The fourth-order valence-electron chi connectivity index (χ4n) is 3.21. The molecular weight excluding hydrogens is 304 g/mol. The molecule has 1 N–H and O–H groups in total. The SMILES string of the molecule is C=C1C(=O)O[C@H]2/C=C(/C)CC/C=C(/C(=O)O)CC/C=C(/C)CC[C@@H]12. The summed E-state index contributed by atoms with van der Waals surface area (Å²) in [6.45, 7) is 7.95. The van der Waals surface area contributed by atoms with E-state index in [4.69, 9.17) is 4.74 Å². The fourth-order valence-corrected chi connectivity index (χ4v) is 3.21. The number of ether oxygens (including phenoxy) is 1. The highest BCUT2D eigenvalue weighted by atomic mass is 16.5. The Morgan fingerprint density at radius 1 is 1.17 bits per heavy atom. The van der Waals surface area contributed by atoms with Crippen LogP contribution in [0.5, 0.6) is 0 Å². The van der Waals surface area contributed by atoms with Crippen LogP contribution in [0.1, 0.15) is 52.4 Å². The van der Waals surface area contributed by atoms with Gasteiger partial charge in [-0.1, -0.05) is 29.9 Å². The average molecular weight is 330 g/mol. The molecule has 2 aliphatic rings. The second-order valence-electron chi connectivity index (χ2n) is 6.72. The largest absolute Gasteiger partial charge is 0.478 e. The Bertz CT molecular complexity index is 622. The maximum absolute atomic E-state index is 11.8. The fraction of sp³-hybridized carbons (Fsp3) is 0.500. The number of carbonyl (C=O) groups is 2. The maximum Gasteiger partial charge on any atom is 0.334 e. The molecule has 0 saturated carbocycles. The van der Waals surface area contributed by atoms with Crippen molar-refractivity contribution in [1.82, 2.24) is 0 Å². The zero-order valence-electron chi connectivity index (χ0n) is 14.5. The number of rotatable bonds is 1. The van der Waals surface area contributed by atoms with Crippen molar-refractivity contribution in [2.24, 2.45) is 5.92 Å². The minimum Gasteiger partial charge on any atom is -0.478 e. The maximum atomic E-state index is 11.8. The van der Waals surface area contributed by atoms with Gasteiger partial charge in [-0.3, -0.25) is 0 Å². The number of carboxylic acid groups (broad SMARTS) is 1. The summed E-state index contributed by atoms with van der Waals surface area (Å²) in [6.07, 6.45) is 10.1. The van der Waals surface area contributed by atoms with Crippen molar-refractivity contribution >= 4 is 11.9 Å². The minimum absolute atomic E-state index is 0.0314. The van der Waals surface area contributed by atoms with Crippen molar-refractivity contribution in [2.45, 2.75) is 58.5 Å². The number of fused-ring (bicyclic) bond motifs is 1. The first-order chi connectivity index (χ1) is 11.4. The minimum atomic E-state index is -0.837. The quantitative estimate of drug-likeness (QED) is 0.441. The molecular formula is C20H26O4. The highest BCUT2D eigenvalue weighted by molar-refractivity contribution is 5.91. The van der Waals surface area contributed by atoms with Crippen LogP contribution in [-0.4, -0.2) is 23.1 Å². The second kappa shape index (κ2) is 8.13. The molecule has 0 bridgehead atoms. The summed E-state index contributed by atoms with van der Waals surface area (Å²) >= 11 is 0. The van der Waals surface area contributed by atoms with Crippen LogP contribution in [0.3, 0.4) is 0 Å². The summed E-state index contributed by atoms with van der Waals surface area (Å²) in [5.41, 5.74) is 3.36. The number of aliphatic carboxylic acids is 1. The van der Waals surface area contributed by atoms with Crippen molar-refractivity contribution in [3.8, 4) is 0 Å². The van der Waals surface area contributed by atoms with Gasteiger partial charge in [0, 0.05) is 17.1 Å². The lowest BCUT2D eigenvalue weighted by atomic mass is 9.89. The predicted molar refractivity (Wildman–Crippen MR) is 93.4 cm³/mol. The van der Waals surface area contributed by atoms with E-state index in [0.717, 1.165) is 31.3 Å². The first-order valence-corrected chi connectivity index (χ1v) is 8.53. The molecule has 0 amide bonds. The van der Waals surface area contributed by atoms with Crippen molar-refractivity contribution in [3.05, 3.63) is 47.1 Å². The van der Waals surface area contributed by atoms with Gasteiger partial charge in [0.1, 0.15) is 6.10 Å². The van der Waals surface area contributed by atoms with Crippen LogP contribution >= 0.6 is 0 Å². The number of allylic oxidation sites excluding steroid dienone is 4. The molecule has 2 rings (SSSR count). The molecule has 0 radical (unpaired) electrons. The third-order valence-corrected chi connectivity index (χ3v) is 4.76. The lowest BCUT2D eigenvalue weighted by Crippen LogP contribution is -2.15. The molecule has 0 spiro atoms. The first kappa shape index (κ1) is 18.2. The van der Waals surface area contributed by atoms with Gasteiger partial charge >= 0.3 is 11.9 Å². The lowest BCUT2D eigenvalue weighted by Gasteiger charge is -2.16. The molecule has 24 heavy (non-hydrogen) atoms. The van der Waals surface area contributed by atoms with Gasteiger partial charge in [-0.25, -0.2) is 9.59 Å². The smallest absolute Gasteiger partial charge is 0.334 e.